The number of ether oxygens (including phenoxy) is 1. The predicted molar refractivity (Wildman–Crippen MR) is 78.0 cm³/mol. The van der Waals surface area contributed by atoms with Gasteiger partial charge in [0.2, 0.25) is 0 Å². The quantitative estimate of drug-likeness (QED) is 0.709. The molecule has 0 aliphatic heterocycles. The highest BCUT2D eigenvalue weighted by molar-refractivity contribution is 5.90. The van der Waals surface area contributed by atoms with Gasteiger partial charge in [0.25, 0.3) is 0 Å². The summed E-state index contributed by atoms with van der Waals surface area (Å²) in [5, 5.41) is 0. The number of carbonyl (C=O) groups excluding carboxylic acids is 1. The molecule has 5 atom stereocenters. The summed E-state index contributed by atoms with van der Waals surface area (Å²) in [6.07, 6.45) is 9.62. The number of carbonyl (C=O) groups is 1. The van der Waals surface area contributed by atoms with Gasteiger partial charge in [-0.15, -0.1) is 0 Å². The zero-order valence-electron chi connectivity index (χ0n) is 12.9. The Hall–Kier alpha value is -0.790. The van der Waals surface area contributed by atoms with Crippen molar-refractivity contribution < 1.29 is 9.53 Å². The third kappa shape index (κ3) is 1.48. The SMILES string of the molecule is CC1(C)C2CCC1(C)C(OC(=O)C1=CC3CCC1C3)C2. The van der Waals surface area contributed by atoms with Gasteiger partial charge < -0.3 is 4.74 Å². The third-order valence-corrected chi connectivity index (χ3v) is 7.53. The van der Waals surface area contributed by atoms with E-state index < -0.39 is 0 Å². The molecule has 2 nitrogen and oxygen atoms in total. The number of hydrogen-bond acceptors (Lipinski definition) is 2. The smallest absolute Gasteiger partial charge is 0.334 e. The van der Waals surface area contributed by atoms with Crippen LogP contribution < -0.4 is 0 Å². The van der Waals surface area contributed by atoms with Gasteiger partial charge in [0, 0.05) is 11.0 Å². The van der Waals surface area contributed by atoms with Crippen LogP contribution in [0.2, 0.25) is 0 Å². The van der Waals surface area contributed by atoms with Crippen LogP contribution in [0.5, 0.6) is 0 Å². The van der Waals surface area contributed by atoms with E-state index in [1.165, 1.54) is 32.1 Å². The van der Waals surface area contributed by atoms with Crippen molar-refractivity contribution in [2.45, 2.75) is 65.4 Å². The molecular formula is C18H26O2. The van der Waals surface area contributed by atoms with Gasteiger partial charge in [-0.2, -0.15) is 0 Å². The highest BCUT2D eigenvalue weighted by Gasteiger charge is 2.63. The molecule has 2 heteroatoms. The molecule has 4 aliphatic carbocycles. The molecule has 3 fully saturated rings. The van der Waals surface area contributed by atoms with Crippen LogP contribution in [0, 0.1) is 28.6 Å². The fourth-order valence-corrected chi connectivity index (χ4v) is 5.58. The first kappa shape index (κ1) is 12.9. The molecule has 0 aromatic carbocycles. The van der Waals surface area contributed by atoms with Gasteiger partial charge in [-0.1, -0.05) is 26.8 Å². The average molecular weight is 274 g/mol. The van der Waals surface area contributed by atoms with E-state index in [1.807, 2.05) is 0 Å². The van der Waals surface area contributed by atoms with Crippen LogP contribution in [0.15, 0.2) is 11.6 Å². The molecule has 0 aromatic rings. The number of allylic oxidation sites excluding steroid dienone is 1. The van der Waals surface area contributed by atoms with Crippen LogP contribution in [0.3, 0.4) is 0 Å². The molecule has 0 saturated heterocycles. The summed E-state index contributed by atoms with van der Waals surface area (Å²) in [7, 11) is 0. The summed E-state index contributed by atoms with van der Waals surface area (Å²) >= 11 is 0. The Balaban J connectivity index is 1.51. The first-order valence-electron chi connectivity index (χ1n) is 8.34. The average Bonchev–Trinajstić information content (AvgIpc) is 3.10. The minimum atomic E-state index is 0.00627. The number of hydrogen-bond donors (Lipinski definition) is 0. The summed E-state index contributed by atoms with van der Waals surface area (Å²) in [5.41, 5.74) is 1.51. The van der Waals surface area contributed by atoms with Gasteiger partial charge in [0.05, 0.1) is 0 Å². The summed E-state index contributed by atoms with van der Waals surface area (Å²) in [5.74, 6) is 1.91. The van der Waals surface area contributed by atoms with E-state index in [-0.39, 0.29) is 17.5 Å². The third-order valence-electron chi connectivity index (χ3n) is 7.53. The molecule has 0 radical (unpaired) electrons. The maximum atomic E-state index is 12.5. The normalized spacial score (nSPS) is 47.6. The van der Waals surface area contributed by atoms with Crippen molar-refractivity contribution >= 4 is 5.97 Å². The van der Waals surface area contributed by atoms with Gasteiger partial charge in [0.1, 0.15) is 6.10 Å². The largest absolute Gasteiger partial charge is 0.458 e. The molecule has 0 aromatic heterocycles. The van der Waals surface area contributed by atoms with E-state index >= 15 is 0 Å². The Morgan fingerprint density at radius 2 is 2.00 bits per heavy atom. The maximum absolute atomic E-state index is 12.5. The van der Waals surface area contributed by atoms with E-state index in [4.69, 9.17) is 4.74 Å². The van der Waals surface area contributed by atoms with E-state index in [1.54, 1.807) is 0 Å². The first-order chi connectivity index (χ1) is 9.42. The van der Waals surface area contributed by atoms with Gasteiger partial charge in [0.15, 0.2) is 0 Å². The highest BCUT2D eigenvalue weighted by atomic mass is 16.5. The Kier molecular flexibility index (Phi) is 2.52. The van der Waals surface area contributed by atoms with Crippen molar-refractivity contribution in [1.29, 1.82) is 0 Å². The molecule has 0 heterocycles. The second-order valence-corrected chi connectivity index (χ2v) is 8.40. The molecule has 0 amide bonds. The zero-order chi connectivity index (χ0) is 14.1. The second kappa shape index (κ2) is 3.90. The van der Waals surface area contributed by atoms with Crippen molar-refractivity contribution in [3.63, 3.8) is 0 Å². The van der Waals surface area contributed by atoms with E-state index in [0.717, 1.165) is 17.9 Å². The Morgan fingerprint density at radius 1 is 1.20 bits per heavy atom. The molecule has 5 unspecified atom stereocenters. The lowest BCUT2D eigenvalue weighted by Crippen LogP contribution is -2.38. The maximum Gasteiger partial charge on any atom is 0.334 e. The molecule has 4 rings (SSSR count). The minimum Gasteiger partial charge on any atom is -0.458 e. The van der Waals surface area contributed by atoms with Crippen LogP contribution in [0.4, 0.5) is 0 Å². The van der Waals surface area contributed by atoms with Crippen molar-refractivity contribution in [3.8, 4) is 0 Å². The Morgan fingerprint density at radius 3 is 2.50 bits per heavy atom. The minimum absolute atomic E-state index is 0.00627. The van der Waals surface area contributed by atoms with Crippen LogP contribution >= 0.6 is 0 Å². The fourth-order valence-electron chi connectivity index (χ4n) is 5.58. The van der Waals surface area contributed by atoms with Crippen LogP contribution in [0.25, 0.3) is 0 Å². The second-order valence-electron chi connectivity index (χ2n) is 8.40. The monoisotopic (exact) mass is 274 g/mol. The van der Waals surface area contributed by atoms with E-state index in [0.29, 0.717) is 17.3 Å². The molecule has 4 bridgehead atoms. The van der Waals surface area contributed by atoms with Crippen LogP contribution in [-0.4, -0.2) is 12.1 Å². The summed E-state index contributed by atoms with van der Waals surface area (Å²) in [6, 6.07) is 0. The van der Waals surface area contributed by atoms with Crippen molar-refractivity contribution in [2.24, 2.45) is 28.6 Å². The zero-order valence-corrected chi connectivity index (χ0v) is 12.9. The van der Waals surface area contributed by atoms with Crippen LogP contribution in [-0.2, 0) is 9.53 Å². The summed E-state index contributed by atoms with van der Waals surface area (Å²) in [6.45, 7) is 7.08. The number of rotatable bonds is 2. The molecule has 20 heavy (non-hydrogen) atoms. The molecule has 4 aliphatic rings. The van der Waals surface area contributed by atoms with Gasteiger partial charge in [-0.3, -0.25) is 0 Å². The summed E-state index contributed by atoms with van der Waals surface area (Å²) in [4.78, 5) is 12.5. The van der Waals surface area contributed by atoms with Crippen LogP contribution in [0.1, 0.15) is 59.3 Å². The van der Waals surface area contributed by atoms with Crippen molar-refractivity contribution in [3.05, 3.63) is 11.6 Å². The molecule has 110 valence electrons. The Bertz CT molecular complexity index is 490. The van der Waals surface area contributed by atoms with Gasteiger partial charge >= 0.3 is 5.97 Å². The van der Waals surface area contributed by atoms with E-state index in [2.05, 4.69) is 26.8 Å². The molecular weight excluding hydrogens is 248 g/mol. The number of esters is 1. The van der Waals surface area contributed by atoms with E-state index in [9.17, 15) is 4.79 Å². The lowest BCUT2D eigenvalue weighted by molar-refractivity contribution is -0.152. The topological polar surface area (TPSA) is 26.3 Å². The lowest BCUT2D eigenvalue weighted by atomic mass is 9.70. The fraction of sp³-hybridized carbons (Fsp3) is 0.833. The van der Waals surface area contributed by atoms with Gasteiger partial charge in [-0.05, 0) is 61.7 Å². The molecule has 0 N–H and O–H groups in total. The van der Waals surface area contributed by atoms with Gasteiger partial charge in [-0.25, -0.2) is 4.79 Å². The highest BCUT2D eigenvalue weighted by Crippen LogP contribution is 2.66. The first-order valence-corrected chi connectivity index (χ1v) is 8.34. The Labute approximate surface area is 122 Å². The molecule has 3 saturated carbocycles. The lowest BCUT2D eigenvalue weighted by Gasteiger charge is -2.38. The summed E-state index contributed by atoms with van der Waals surface area (Å²) < 4.78 is 6.01. The van der Waals surface area contributed by atoms with Crippen molar-refractivity contribution in [2.75, 3.05) is 0 Å². The predicted octanol–water partition coefficient (Wildman–Crippen LogP) is 4.10. The molecule has 0 spiro atoms. The van der Waals surface area contributed by atoms with Crippen molar-refractivity contribution in [1.82, 2.24) is 0 Å². The standard InChI is InChI=1S/C18H26O2/c1-17(2)13-6-7-18(17,3)15(10-13)20-16(19)14-9-11-4-5-12(14)8-11/h9,11-13,15H,4-8,10H2,1-3H3. The number of fused-ring (bicyclic) bond motifs is 4.